The van der Waals surface area contributed by atoms with Crippen LogP contribution in [-0.2, 0) is 6.54 Å². The second-order valence-electron chi connectivity index (χ2n) is 5.00. The fraction of sp³-hybridized carbons (Fsp3) is 0.0667. The first-order valence-corrected chi connectivity index (χ1v) is 6.80. The molecule has 0 bridgehead atoms. The number of rotatable bonds is 4. The van der Waals surface area contributed by atoms with E-state index < -0.39 is 16.7 Å². The maximum Gasteiger partial charge on any atom is 0.269 e. The van der Waals surface area contributed by atoms with Crippen LogP contribution < -0.4 is 0 Å². The summed E-state index contributed by atoms with van der Waals surface area (Å²) in [6.07, 6.45) is 0. The topological polar surface area (TPSA) is 129 Å². The maximum atomic E-state index is 12.3. The van der Waals surface area contributed by atoms with Crippen LogP contribution in [0.15, 0.2) is 47.6 Å². The van der Waals surface area contributed by atoms with Crippen molar-refractivity contribution in [2.45, 2.75) is 6.54 Å². The third-order valence-electron chi connectivity index (χ3n) is 3.64. The Morgan fingerprint density at radius 1 is 1.12 bits per heavy atom. The number of amides is 2. The number of nitrogens with zero attached hydrogens (tertiary/aromatic N) is 5. The van der Waals surface area contributed by atoms with Crippen LogP contribution in [-0.4, -0.2) is 21.6 Å². The number of fused-ring (bicyclic) bond motifs is 1. The van der Waals surface area contributed by atoms with Gasteiger partial charge in [0.15, 0.2) is 0 Å². The summed E-state index contributed by atoms with van der Waals surface area (Å²) in [4.78, 5) is 38.5. The Morgan fingerprint density at radius 3 is 2.29 bits per heavy atom. The maximum absolute atomic E-state index is 12.3. The summed E-state index contributed by atoms with van der Waals surface area (Å²) in [6, 6.07) is 10.1. The van der Waals surface area contributed by atoms with Gasteiger partial charge >= 0.3 is 0 Å². The van der Waals surface area contributed by atoms with E-state index in [2.05, 4.69) is 10.0 Å². The summed E-state index contributed by atoms with van der Waals surface area (Å²) in [5.41, 5.74) is 9.32. The third-order valence-corrected chi connectivity index (χ3v) is 3.64. The van der Waals surface area contributed by atoms with Gasteiger partial charge in [-0.3, -0.25) is 24.6 Å². The Labute approximate surface area is 134 Å². The lowest BCUT2D eigenvalue weighted by molar-refractivity contribution is -0.384. The van der Waals surface area contributed by atoms with Gasteiger partial charge in [-0.05, 0) is 29.3 Å². The predicted octanol–water partition coefficient (Wildman–Crippen LogP) is 3.33. The van der Waals surface area contributed by atoms with E-state index in [9.17, 15) is 19.7 Å². The van der Waals surface area contributed by atoms with Gasteiger partial charge in [-0.15, -0.1) is 0 Å². The summed E-state index contributed by atoms with van der Waals surface area (Å²) < 4.78 is 0. The molecular formula is C15H9N5O4. The molecule has 0 atom stereocenters. The molecule has 9 nitrogen and oxygen atoms in total. The number of benzene rings is 2. The summed E-state index contributed by atoms with van der Waals surface area (Å²) in [6.45, 7) is -0.140. The molecule has 2 aromatic carbocycles. The molecule has 0 saturated carbocycles. The zero-order chi connectivity index (χ0) is 17.3. The highest BCUT2D eigenvalue weighted by Gasteiger charge is 2.35. The summed E-state index contributed by atoms with van der Waals surface area (Å²) in [5, 5.41) is 14.2. The molecular weight excluding hydrogens is 314 g/mol. The molecule has 3 rings (SSSR count). The van der Waals surface area contributed by atoms with Gasteiger partial charge < -0.3 is 0 Å². The van der Waals surface area contributed by atoms with E-state index in [-0.39, 0.29) is 17.9 Å². The van der Waals surface area contributed by atoms with Gasteiger partial charge in [0, 0.05) is 22.7 Å². The molecule has 0 saturated heterocycles. The van der Waals surface area contributed by atoms with Gasteiger partial charge in [0.05, 0.1) is 22.6 Å². The number of nitro groups is 1. The molecule has 118 valence electrons. The predicted molar refractivity (Wildman–Crippen MR) is 82.5 cm³/mol. The van der Waals surface area contributed by atoms with E-state index >= 15 is 0 Å². The van der Waals surface area contributed by atoms with Crippen molar-refractivity contribution < 1.29 is 14.5 Å². The van der Waals surface area contributed by atoms with E-state index in [0.717, 1.165) is 11.0 Å². The lowest BCUT2D eigenvalue weighted by atomic mass is 10.1. The largest absolute Gasteiger partial charge is 0.270 e. The Morgan fingerprint density at radius 2 is 1.75 bits per heavy atom. The molecule has 2 aromatic rings. The van der Waals surface area contributed by atoms with E-state index in [1.54, 1.807) is 24.3 Å². The van der Waals surface area contributed by atoms with Gasteiger partial charge in [0.1, 0.15) is 0 Å². The van der Waals surface area contributed by atoms with E-state index in [4.69, 9.17) is 5.53 Å². The van der Waals surface area contributed by atoms with Crippen LogP contribution in [0.2, 0.25) is 0 Å². The summed E-state index contributed by atoms with van der Waals surface area (Å²) in [5.74, 6) is -0.915. The van der Waals surface area contributed by atoms with Gasteiger partial charge in [0.25, 0.3) is 17.5 Å². The van der Waals surface area contributed by atoms with Crippen molar-refractivity contribution >= 4 is 23.2 Å². The third kappa shape index (κ3) is 2.44. The van der Waals surface area contributed by atoms with Crippen molar-refractivity contribution in [1.29, 1.82) is 0 Å². The van der Waals surface area contributed by atoms with E-state index in [1.807, 2.05) is 0 Å². The van der Waals surface area contributed by atoms with E-state index in [0.29, 0.717) is 16.7 Å². The molecule has 9 heteroatoms. The van der Waals surface area contributed by atoms with Crippen molar-refractivity contribution in [3.63, 3.8) is 0 Å². The van der Waals surface area contributed by atoms with Crippen LogP contribution in [0, 0.1) is 10.1 Å². The first-order chi connectivity index (χ1) is 11.5. The Hall–Kier alpha value is -3.71. The average Bonchev–Trinajstić information content (AvgIpc) is 2.82. The molecule has 2 amide bonds. The van der Waals surface area contributed by atoms with Crippen LogP contribution >= 0.6 is 0 Å². The number of non-ortho nitro benzene ring substituents is 1. The van der Waals surface area contributed by atoms with Crippen LogP contribution in [0.1, 0.15) is 26.3 Å². The molecule has 1 aliphatic rings. The normalized spacial score (nSPS) is 12.8. The Balaban J connectivity index is 1.98. The number of nitro benzene ring substituents is 1. The van der Waals surface area contributed by atoms with Crippen molar-refractivity contribution in [3.8, 4) is 0 Å². The Bertz CT molecular complexity index is 898. The number of imide groups is 1. The minimum atomic E-state index is -0.623. The lowest BCUT2D eigenvalue weighted by Crippen LogP contribution is -2.29. The smallest absolute Gasteiger partial charge is 0.269 e. The Kier molecular flexibility index (Phi) is 3.69. The first kappa shape index (κ1) is 15.2. The highest BCUT2D eigenvalue weighted by molar-refractivity contribution is 6.21. The molecule has 0 radical (unpaired) electrons. The second-order valence-corrected chi connectivity index (χ2v) is 5.00. The molecule has 0 fully saturated rings. The van der Waals surface area contributed by atoms with Crippen LogP contribution in [0.3, 0.4) is 0 Å². The fourth-order valence-corrected chi connectivity index (χ4v) is 2.49. The quantitative estimate of drug-likeness (QED) is 0.213. The molecule has 24 heavy (non-hydrogen) atoms. The van der Waals surface area contributed by atoms with E-state index in [1.165, 1.54) is 12.1 Å². The van der Waals surface area contributed by atoms with Crippen LogP contribution in [0.5, 0.6) is 0 Å². The monoisotopic (exact) mass is 323 g/mol. The molecule has 1 aliphatic heterocycles. The van der Waals surface area contributed by atoms with Gasteiger partial charge in [0.2, 0.25) is 0 Å². The van der Waals surface area contributed by atoms with Gasteiger partial charge in [-0.1, -0.05) is 17.2 Å². The number of carbonyl (C=O) groups excluding carboxylic acids is 2. The first-order valence-electron chi connectivity index (χ1n) is 6.80. The number of azide groups is 1. The van der Waals surface area contributed by atoms with Gasteiger partial charge in [-0.2, -0.15) is 0 Å². The molecule has 0 aliphatic carbocycles. The molecule has 1 heterocycles. The van der Waals surface area contributed by atoms with Crippen LogP contribution in [0.4, 0.5) is 11.4 Å². The second kappa shape index (κ2) is 5.82. The molecule has 0 spiro atoms. The molecule has 0 N–H and O–H groups in total. The van der Waals surface area contributed by atoms with Crippen molar-refractivity contribution in [2.75, 3.05) is 0 Å². The molecule has 0 aromatic heterocycles. The minimum Gasteiger partial charge on any atom is -0.270 e. The standard InChI is InChI=1S/C15H9N5O4/c16-18-17-13-7-10(20(23)24)6-5-9(13)8-19-14(21)11-3-1-2-4-12(11)15(19)22/h1-7H,8H2. The van der Waals surface area contributed by atoms with Crippen molar-refractivity contribution in [2.24, 2.45) is 5.11 Å². The zero-order valence-corrected chi connectivity index (χ0v) is 12.1. The summed E-state index contributed by atoms with van der Waals surface area (Å²) >= 11 is 0. The lowest BCUT2D eigenvalue weighted by Gasteiger charge is -2.15. The zero-order valence-electron chi connectivity index (χ0n) is 12.1. The number of hydrogen-bond acceptors (Lipinski definition) is 5. The van der Waals surface area contributed by atoms with Crippen molar-refractivity contribution in [3.05, 3.63) is 79.7 Å². The highest BCUT2D eigenvalue weighted by atomic mass is 16.6. The summed E-state index contributed by atoms with van der Waals surface area (Å²) in [7, 11) is 0. The minimum absolute atomic E-state index is 0.00301. The average molecular weight is 323 g/mol. The van der Waals surface area contributed by atoms with Crippen LogP contribution in [0.25, 0.3) is 10.4 Å². The van der Waals surface area contributed by atoms with Gasteiger partial charge in [-0.25, -0.2) is 0 Å². The molecule has 0 unspecified atom stereocenters. The highest BCUT2D eigenvalue weighted by Crippen LogP contribution is 2.30. The number of hydrogen-bond donors (Lipinski definition) is 0. The fourth-order valence-electron chi connectivity index (χ4n) is 2.49. The SMILES string of the molecule is [N-]=[N+]=Nc1cc([N+](=O)[O-])ccc1CN1C(=O)c2ccccc2C1=O. The number of carbonyl (C=O) groups is 2. The van der Waals surface area contributed by atoms with Crippen molar-refractivity contribution in [1.82, 2.24) is 4.90 Å².